The number of sulfonamides is 1. The van der Waals surface area contributed by atoms with Crippen molar-refractivity contribution in [2.24, 2.45) is 0 Å². The van der Waals surface area contributed by atoms with Crippen molar-refractivity contribution >= 4 is 56.3 Å². The Morgan fingerprint density at radius 1 is 1.11 bits per heavy atom. The highest BCUT2D eigenvalue weighted by Gasteiger charge is 2.16. The summed E-state index contributed by atoms with van der Waals surface area (Å²) in [7, 11) is -3.82. The van der Waals surface area contributed by atoms with E-state index in [1.165, 1.54) is 37.3 Å². The Morgan fingerprint density at radius 3 is 2.36 bits per heavy atom. The second-order valence-corrected chi connectivity index (χ2v) is 9.02. The van der Waals surface area contributed by atoms with Gasteiger partial charge in [0.05, 0.1) is 20.5 Å². The maximum Gasteiger partial charge on any atom is 0.307 e. The van der Waals surface area contributed by atoms with Gasteiger partial charge in [0.1, 0.15) is 0 Å². The number of halogens is 1. The highest BCUT2D eigenvalue weighted by atomic mass is 35.5. The molecule has 0 aliphatic heterocycles. The fraction of sp³-hybridized carbons (Fsp3) is 0.235. The van der Waals surface area contributed by atoms with Crippen LogP contribution in [0.2, 0.25) is 4.34 Å². The number of esters is 1. The zero-order chi connectivity index (χ0) is 20.7. The standard InChI is InChI=1S/C17H17ClN2O6S2/c1-11(21)20-12-2-4-13(5-3-12)28(24,25)19-9-8-17(23)26-10-14(22)15-6-7-16(18)27-15/h2-7,19H,8-10H2,1H3,(H,20,21). The Morgan fingerprint density at radius 2 is 1.79 bits per heavy atom. The van der Waals surface area contributed by atoms with Gasteiger partial charge in [-0.1, -0.05) is 11.6 Å². The molecule has 0 fully saturated rings. The molecule has 1 aromatic heterocycles. The van der Waals surface area contributed by atoms with Crippen LogP contribution in [0.5, 0.6) is 0 Å². The molecule has 0 spiro atoms. The second-order valence-electron chi connectivity index (χ2n) is 5.54. The molecule has 11 heteroatoms. The summed E-state index contributed by atoms with van der Waals surface area (Å²) in [6.07, 6.45) is -0.234. The third-order valence-electron chi connectivity index (χ3n) is 3.32. The summed E-state index contributed by atoms with van der Waals surface area (Å²) >= 11 is 6.81. The van der Waals surface area contributed by atoms with Gasteiger partial charge in [-0.2, -0.15) is 0 Å². The van der Waals surface area contributed by atoms with E-state index in [0.717, 1.165) is 11.3 Å². The number of carbonyl (C=O) groups is 3. The molecule has 1 amide bonds. The molecule has 150 valence electrons. The summed E-state index contributed by atoms with van der Waals surface area (Å²) < 4.78 is 31.9. The fourth-order valence-electron chi connectivity index (χ4n) is 2.04. The monoisotopic (exact) mass is 444 g/mol. The molecule has 0 saturated heterocycles. The molecule has 2 rings (SSSR count). The number of benzene rings is 1. The fourth-order valence-corrected chi connectivity index (χ4v) is 4.04. The minimum Gasteiger partial charge on any atom is -0.457 e. The molecule has 1 heterocycles. The maximum absolute atomic E-state index is 12.2. The van der Waals surface area contributed by atoms with Crippen LogP contribution < -0.4 is 10.0 Å². The molecule has 2 N–H and O–H groups in total. The number of Topliss-reactive ketones (excluding diaryl/α,β-unsaturated/α-hetero) is 1. The van der Waals surface area contributed by atoms with E-state index < -0.39 is 22.6 Å². The molecule has 0 aliphatic rings. The molecule has 0 bridgehead atoms. The average molecular weight is 445 g/mol. The average Bonchev–Trinajstić information content (AvgIpc) is 3.06. The van der Waals surface area contributed by atoms with Crippen molar-refractivity contribution in [3.63, 3.8) is 0 Å². The first kappa shape index (κ1) is 22.0. The van der Waals surface area contributed by atoms with E-state index in [1.54, 1.807) is 6.07 Å². The summed E-state index contributed by atoms with van der Waals surface area (Å²) in [6.45, 7) is 0.717. The van der Waals surface area contributed by atoms with Gasteiger partial charge in [-0.25, -0.2) is 13.1 Å². The Labute approximate surface area is 170 Å². The van der Waals surface area contributed by atoms with E-state index in [9.17, 15) is 22.8 Å². The summed E-state index contributed by atoms with van der Waals surface area (Å²) in [5, 5.41) is 2.53. The van der Waals surface area contributed by atoms with Crippen LogP contribution in [0.1, 0.15) is 23.0 Å². The third kappa shape index (κ3) is 6.71. The summed E-state index contributed by atoms with van der Waals surface area (Å²) in [6, 6.07) is 8.67. The van der Waals surface area contributed by atoms with Crippen LogP contribution in [0.15, 0.2) is 41.3 Å². The van der Waals surface area contributed by atoms with Gasteiger partial charge in [0, 0.05) is 19.2 Å². The lowest BCUT2D eigenvalue weighted by Crippen LogP contribution is -2.27. The highest BCUT2D eigenvalue weighted by molar-refractivity contribution is 7.89. The Kier molecular flexibility index (Phi) is 7.69. The van der Waals surface area contributed by atoms with Gasteiger partial charge in [-0.15, -0.1) is 11.3 Å². The zero-order valence-corrected chi connectivity index (χ0v) is 17.1. The normalized spacial score (nSPS) is 11.1. The first-order chi connectivity index (χ1) is 13.2. The van der Waals surface area contributed by atoms with Crippen molar-refractivity contribution in [1.29, 1.82) is 0 Å². The molecular formula is C17H17ClN2O6S2. The summed E-state index contributed by atoms with van der Waals surface area (Å²) in [5.41, 5.74) is 0.465. The first-order valence-corrected chi connectivity index (χ1v) is 10.7. The topological polar surface area (TPSA) is 119 Å². The summed E-state index contributed by atoms with van der Waals surface area (Å²) in [4.78, 5) is 34.8. The highest BCUT2D eigenvalue weighted by Crippen LogP contribution is 2.21. The molecular weight excluding hydrogens is 428 g/mol. The predicted octanol–water partition coefficient (Wildman–Crippen LogP) is 2.45. The lowest BCUT2D eigenvalue weighted by molar-refractivity contribution is -0.142. The van der Waals surface area contributed by atoms with E-state index in [2.05, 4.69) is 10.0 Å². The van der Waals surface area contributed by atoms with Crippen LogP contribution in [0, 0.1) is 0 Å². The Bertz CT molecular complexity index is 970. The number of hydrogen-bond acceptors (Lipinski definition) is 7. The zero-order valence-electron chi connectivity index (χ0n) is 14.7. The first-order valence-electron chi connectivity index (χ1n) is 7.99. The van der Waals surface area contributed by atoms with Crippen LogP contribution in [-0.4, -0.2) is 39.2 Å². The van der Waals surface area contributed by atoms with Crippen molar-refractivity contribution in [3.8, 4) is 0 Å². The van der Waals surface area contributed by atoms with Crippen molar-refractivity contribution in [3.05, 3.63) is 45.6 Å². The van der Waals surface area contributed by atoms with Gasteiger partial charge in [0.2, 0.25) is 21.7 Å². The molecule has 0 saturated carbocycles. The van der Waals surface area contributed by atoms with E-state index in [-0.39, 0.29) is 29.6 Å². The van der Waals surface area contributed by atoms with Crippen molar-refractivity contribution in [2.75, 3.05) is 18.5 Å². The Balaban J connectivity index is 1.78. The van der Waals surface area contributed by atoms with Crippen molar-refractivity contribution < 1.29 is 27.5 Å². The molecule has 0 unspecified atom stereocenters. The predicted molar refractivity (Wildman–Crippen MR) is 105 cm³/mol. The number of carbonyl (C=O) groups excluding carboxylic acids is 3. The van der Waals surface area contributed by atoms with E-state index >= 15 is 0 Å². The minimum atomic E-state index is -3.82. The molecule has 1 aromatic carbocycles. The van der Waals surface area contributed by atoms with Gasteiger partial charge < -0.3 is 10.1 Å². The van der Waals surface area contributed by atoms with Crippen LogP contribution in [0.4, 0.5) is 5.69 Å². The van der Waals surface area contributed by atoms with Crippen molar-refractivity contribution in [2.45, 2.75) is 18.2 Å². The molecule has 28 heavy (non-hydrogen) atoms. The van der Waals surface area contributed by atoms with E-state index in [4.69, 9.17) is 16.3 Å². The lowest BCUT2D eigenvalue weighted by atomic mass is 10.3. The number of amides is 1. The number of rotatable bonds is 9. The summed E-state index contributed by atoms with van der Waals surface area (Å²) in [5.74, 6) is -1.36. The number of hydrogen-bond donors (Lipinski definition) is 2. The lowest BCUT2D eigenvalue weighted by Gasteiger charge is -2.08. The van der Waals surface area contributed by atoms with Gasteiger partial charge in [0.15, 0.2) is 6.61 Å². The number of thiophene rings is 1. The van der Waals surface area contributed by atoms with Gasteiger partial charge in [-0.3, -0.25) is 14.4 Å². The smallest absolute Gasteiger partial charge is 0.307 e. The molecule has 0 atom stereocenters. The Hall–Kier alpha value is -2.27. The number of nitrogens with one attached hydrogen (secondary N) is 2. The quantitative estimate of drug-likeness (QED) is 0.453. The van der Waals surface area contributed by atoms with Gasteiger partial charge >= 0.3 is 5.97 Å². The maximum atomic E-state index is 12.2. The van der Waals surface area contributed by atoms with Crippen LogP contribution in [-0.2, 0) is 24.3 Å². The number of ketones is 1. The van der Waals surface area contributed by atoms with Gasteiger partial charge in [0.25, 0.3) is 0 Å². The largest absolute Gasteiger partial charge is 0.457 e. The molecule has 0 aliphatic carbocycles. The SMILES string of the molecule is CC(=O)Nc1ccc(S(=O)(=O)NCCC(=O)OCC(=O)c2ccc(Cl)s2)cc1. The van der Waals surface area contributed by atoms with E-state index in [1.807, 2.05) is 0 Å². The number of ether oxygens (including phenoxy) is 1. The van der Waals surface area contributed by atoms with Crippen LogP contribution in [0.3, 0.4) is 0 Å². The van der Waals surface area contributed by atoms with Crippen molar-refractivity contribution in [1.82, 2.24) is 4.72 Å². The van der Waals surface area contributed by atoms with Gasteiger partial charge in [-0.05, 0) is 36.4 Å². The molecule has 0 radical (unpaired) electrons. The van der Waals surface area contributed by atoms with E-state index in [0.29, 0.717) is 14.9 Å². The number of anilines is 1. The molecule has 8 nitrogen and oxygen atoms in total. The minimum absolute atomic E-state index is 0.0141. The van der Waals surface area contributed by atoms with Crippen LogP contribution in [0.25, 0.3) is 0 Å². The third-order valence-corrected chi connectivity index (χ3v) is 6.07. The molecule has 2 aromatic rings. The second kappa shape index (κ2) is 9.78. The van der Waals surface area contributed by atoms with Crippen LogP contribution >= 0.6 is 22.9 Å².